The Bertz CT molecular complexity index is 592. The fourth-order valence-electron chi connectivity index (χ4n) is 2.75. The zero-order chi connectivity index (χ0) is 26.9. The molecule has 3 N–H and O–H groups in total. The molecule has 34 heavy (non-hydrogen) atoms. The fourth-order valence-corrected chi connectivity index (χ4v) is 2.75. The molecule has 0 aliphatic rings. The fraction of sp³-hybridized carbons (Fsp3) is 0.679. The number of hydrogen-bond donors (Lipinski definition) is 3. The minimum atomic E-state index is -0.935. The van der Waals surface area contributed by atoms with E-state index in [1.165, 1.54) is 58.3 Å². The van der Waals surface area contributed by atoms with Crippen molar-refractivity contribution < 1.29 is 29.7 Å². The Hall–Kier alpha value is -2.37. The van der Waals surface area contributed by atoms with Crippen LogP contribution in [0.4, 0.5) is 0 Å². The highest BCUT2D eigenvalue weighted by Gasteiger charge is 2.03. The summed E-state index contributed by atoms with van der Waals surface area (Å²) in [6.07, 6.45) is 15.6. The summed E-state index contributed by atoms with van der Waals surface area (Å²) in [4.78, 5) is 30.4. The van der Waals surface area contributed by atoms with E-state index in [1.54, 1.807) is 0 Å². The first-order chi connectivity index (χ1) is 15.9. The summed E-state index contributed by atoms with van der Waals surface area (Å²) < 4.78 is 0. The maximum absolute atomic E-state index is 10.4. The Labute approximate surface area is 207 Å². The normalized spacial score (nSPS) is 9.79. The average Bonchev–Trinajstić information content (AvgIpc) is 2.75. The van der Waals surface area contributed by atoms with E-state index in [1.807, 2.05) is 0 Å². The van der Waals surface area contributed by atoms with Crippen molar-refractivity contribution in [1.82, 2.24) is 0 Å². The summed E-state index contributed by atoms with van der Waals surface area (Å²) >= 11 is 0. The lowest BCUT2D eigenvalue weighted by molar-refractivity contribution is -0.133. The van der Waals surface area contributed by atoms with E-state index in [2.05, 4.69) is 40.5 Å². The van der Waals surface area contributed by atoms with Gasteiger partial charge in [0, 0.05) is 16.7 Å². The van der Waals surface area contributed by atoms with Crippen molar-refractivity contribution in [2.45, 2.75) is 118 Å². The van der Waals surface area contributed by atoms with Gasteiger partial charge in [-0.25, -0.2) is 14.4 Å². The number of carbonyl (C=O) groups is 3. The van der Waals surface area contributed by atoms with Crippen molar-refractivity contribution in [3.63, 3.8) is 0 Å². The first kappa shape index (κ1) is 36.2. The standard InChI is InChI=1S/2C12H22O2.C4H6O2/c1-10(2)8-6-4-5-7-9-11(3)12(13)14;1-3-4-5-6-7-8-9-10-11(2)12(13)14;1-3(2)4(5)6/h10H,3-9H2,1-2H3,(H,13,14);2-10H2,1H3,(H,13,14);1H2,2H3,(H,5,6). The first-order valence-corrected chi connectivity index (χ1v) is 12.6. The molecule has 0 saturated heterocycles. The second-order valence-corrected chi connectivity index (χ2v) is 9.12. The Morgan fingerprint density at radius 1 is 0.618 bits per heavy atom. The third-order valence-electron chi connectivity index (χ3n) is 5.06. The molecule has 0 rings (SSSR count). The Morgan fingerprint density at radius 2 is 0.941 bits per heavy atom. The highest BCUT2D eigenvalue weighted by molar-refractivity contribution is 5.86. The highest BCUT2D eigenvalue weighted by Crippen LogP contribution is 2.13. The molecule has 0 fully saturated rings. The van der Waals surface area contributed by atoms with Crippen molar-refractivity contribution in [3.8, 4) is 0 Å². The molecule has 0 aromatic rings. The van der Waals surface area contributed by atoms with Crippen molar-refractivity contribution >= 4 is 17.9 Å². The molecule has 0 atom stereocenters. The Kier molecular flexibility index (Phi) is 26.9. The molecule has 6 nitrogen and oxygen atoms in total. The van der Waals surface area contributed by atoms with Gasteiger partial charge in [0.15, 0.2) is 0 Å². The van der Waals surface area contributed by atoms with Crippen LogP contribution >= 0.6 is 0 Å². The van der Waals surface area contributed by atoms with Gasteiger partial charge < -0.3 is 15.3 Å². The van der Waals surface area contributed by atoms with E-state index in [4.69, 9.17) is 15.3 Å². The summed E-state index contributed by atoms with van der Waals surface area (Å²) in [5, 5.41) is 25.0. The summed E-state index contributed by atoms with van der Waals surface area (Å²) in [6.45, 7) is 18.3. The van der Waals surface area contributed by atoms with Gasteiger partial charge in [0.05, 0.1) is 0 Å². The summed E-state index contributed by atoms with van der Waals surface area (Å²) in [5.41, 5.74) is 0.863. The van der Waals surface area contributed by atoms with E-state index in [0.717, 1.165) is 31.6 Å². The van der Waals surface area contributed by atoms with Gasteiger partial charge in [-0.2, -0.15) is 0 Å². The molecule has 0 aromatic heterocycles. The minimum Gasteiger partial charge on any atom is -0.478 e. The predicted molar refractivity (Wildman–Crippen MR) is 141 cm³/mol. The van der Waals surface area contributed by atoms with Gasteiger partial charge >= 0.3 is 17.9 Å². The van der Waals surface area contributed by atoms with Crippen LogP contribution in [0.15, 0.2) is 36.5 Å². The van der Waals surface area contributed by atoms with Gasteiger partial charge in [-0.05, 0) is 38.5 Å². The lowest BCUT2D eigenvalue weighted by Gasteiger charge is -2.04. The number of rotatable bonds is 18. The van der Waals surface area contributed by atoms with Gasteiger partial charge in [0.1, 0.15) is 0 Å². The van der Waals surface area contributed by atoms with Crippen LogP contribution in [-0.2, 0) is 14.4 Å². The van der Waals surface area contributed by atoms with Crippen molar-refractivity contribution in [3.05, 3.63) is 36.5 Å². The second kappa shape index (κ2) is 25.3. The van der Waals surface area contributed by atoms with Gasteiger partial charge in [-0.3, -0.25) is 0 Å². The van der Waals surface area contributed by atoms with Crippen LogP contribution < -0.4 is 0 Å². The van der Waals surface area contributed by atoms with E-state index < -0.39 is 17.9 Å². The number of hydrogen-bond acceptors (Lipinski definition) is 3. The molecule has 0 amide bonds. The molecule has 0 unspecified atom stereocenters. The summed E-state index contributed by atoms with van der Waals surface area (Å²) in [5.74, 6) is -1.86. The number of carboxylic acids is 3. The molecule has 0 spiro atoms. The van der Waals surface area contributed by atoms with E-state index in [-0.39, 0.29) is 5.57 Å². The summed E-state index contributed by atoms with van der Waals surface area (Å²) in [7, 11) is 0. The van der Waals surface area contributed by atoms with Crippen LogP contribution in [0.5, 0.6) is 0 Å². The molecular weight excluding hydrogens is 432 g/mol. The third kappa shape index (κ3) is 31.8. The van der Waals surface area contributed by atoms with Crippen molar-refractivity contribution in [2.75, 3.05) is 0 Å². The molecule has 6 heteroatoms. The Balaban J connectivity index is -0.000000458. The average molecular weight is 483 g/mol. The third-order valence-corrected chi connectivity index (χ3v) is 5.06. The van der Waals surface area contributed by atoms with Gasteiger partial charge in [0.25, 0.3) is 0 Å². The SMILES string of the molecule is C=C(C)C(=O)O.C=C(CCCCCCC(C)C)C(=O)O.C=C(CCCCCCCCC)C(=O)O. The second-order valence-electron chi connectivity index (χ2n) is 9.12. The zero-order valence-electron chi connectivity index (χ0n) is 22.2. The molecule has 0 saturated carbocycles. The van der Waals surface area contributed by atoms with Crippen molar-refractivity contribution in [1.29, 1.82) is 0 Å². The van der Waals surface area contributed by atoms with Crippen LogP contribution in [0, 0.1) is 5.92 Å². The first-order valence-electron chi connectivity index (χ1n) is 12.6. The largest absolute Gasteiger partial charge is 0.478 e. The molecule has 0 aliphatic carbocycles. The molecule has 0 aliphatic heterocycles. The smallest absolute Gasteiger partial charge is 0.330 e. The summed E-state index contributed by atoms with van der Waals surface area (Å²) in [6, 6.07) is 0. The number of carboxylic acid groups (broad SMARTS) is 3. The lowest BCUT2D eigenvalue weighted by Crippen LogP contribution is -1.98. The van der Waals surface area contributed by atoms with Crippen LogP contribution in [0.2, 0.25) is 0 Å². The maximum Gasteiger partial charge on any atom is 0.330 e. The molecule has 0 radical (unpaired) electrons. The maximum atomic E-state index is 10.4. The van der Waals surface area contributed by atoms with E-state index in [9.17, 15) is 14.4 Å². The molecule has 0 bridgehead atoms. The zero-order valence-corrected chi connectivity index (χ0v) is 22.2. The number of unbranched alkanes of at least 4 members (excludes halogenated alkanes) is 9. The van der Waals surface area contributed by atoms with Crippen LogP contribution in [0.1, 0.15) is 118 Å². The minimum absolute atomic E-state index is 0.176. The van der Waals surface area contributed by atoms with Crippen LogP contribution in [-0.4, -0.2) is 33.2 Å². The van der Waals surface area contributed by atoms with Gasteiger partial charge in [-0.1, -0.05) is 105 Å². The highest BCUT2D eigenvalue weighted by atomic mass is 16.4. The Morgan fingerprint density at radius 3 is 1.24 bits per heavy atom. The van der Waals surface area contributed by atoms with Crippen molar-refractivity contribution in [2.24, 2.45) is 5.92 Å². The van der Waals surface area contributed by atoms with E-state index >= 15 is 0 Å². The molecule has 0 heterocycles. The van der Waals surface area contributed by atoms with Crippen LogP contribution in [0.3, 0.4) is 0 Å². The topological polar surface area (TPSA) is 112 Å². The molecule has 0 aromatic carbocycles. The lowest BCUT2D eigenvalue weighted by atomic mass is 10.0. The van der Waals surface area contributed by atoms with E-state index in [0.29, 0.717) is 24.0 Å². The molecular formula is C28H50O6. The molecule has 198 valence electrons. The van der Waals surface area contributed by atoms with Crippen LogP contribution in [0.25, 0.3) is 0 Å². The quantitative estimate of drug-likeness (QED) is 0.135. The van der Waals surface area contributed by atoms with Gasteiger partial charge in [-0.15, -0.1) is 0 Å². The number of aliphatic carboxylic acids is 3. The van der Waals surface area contributed by atoms with Gasteiger partial charge in [0.2, 0.25) is 0 Å². The predicted octanol–water partition coefficient (Wildman–Crippen LogP) is 8.04. The monoisotopic (exact) mass is 482 g/mol.